The molecule has 1 atom stereocenters. The predicted octanol–water partition coefficient (Wildman–Crippen LogP) is 4.53. The summed E-state index contributed by atoms with van der Waals surface area (Å²) in [7, 11) is 0. The van der Waals surface area contributed by atoms with Crippen LogP contribution in [0, 0.1) is 5.92 Å². The molecule has 0 saturated heterocycles. The van der Waals surface area contributed by atoms with Crippen molar-refractivity contribution in [2.24, 2.45) is 11.7 Å². The monoisotopic (exact) mass is 341 g/mol. The van der Waals surface area contributed by atoms with Crippen molar-refractivity contribution >= 4 is 0 Å². The standard InChI is InChI=1S/C15H17F6NO/c16-13(17,18)8-1-9-23-12-6-4-11(5-7-12)14(22,10-2-3-10)15(19,20)21/h4-7,10H,1-3,8-9,22H2. The Morgan fingerprint density at radius 3 is 2.00 bits per heavy atom. The maximum Gasteiger partial charge on any atom is 0.410 e. The van der Waals surface area contributed by atoms with Crippen molar-refractivity contribution in [2.75, 3.05) is 6.61 Å². The quantitative estimate of drug-likeness (QED) is 0.609. The van der Waals surface area contributed by atoms with Crippen LogP contribution in [0.1, 0.15) is 31.2 Å². The van der Waals surface area contributed by atoms with E-state index >= 15 is 0 Å². The second-order valence-corrected chi connectivity index (χ2v) is 5.73. The molecule has 23 heavy (non-hydrogen) atoms. The maximum absolute atomic E-state index is 13.3. The van der Waals surface area contributed by atoms with Crippen molar-refractivity contribution in [1.29, 1.82) is 0 Å². The molecule has 2 N–H and O–H groups in total. The molecule has 1 unspecified atom stereocenters. The first-order valence-electron chi connectivity index (χ1n) is 7.20. The third-order valence-corrected chi connectivity index (χ3v) is 3.90. The zero-order valence-electron chi connectivity index (χ0n) is 12.2. The number of halogens is 6. The van der Waals surface area contributed by atoms with Gasteiger partial charge in [0.15, 0.2) is 0 Å². The number of benzene rings is 1. The van der Waals surface area contributed by atoms with E-state index in [1.165, 1.54) is 24.3 Å². The van der Waals surface area contributed by atoms with Crippen molar-refractivity contribution in [3.8, 4) is 5.75 Å². The smallest absolute Gasteiger partial charge is 0.410 e. The van der Waals surface area contributed by atoms with Crippen molar-refractivity contribution in [3.05, 3.63) is 29.8 Å². The number of hydrogen-bond acceptors (Lipinski definition) is 2. The Kier molecular flexibility index (Phi) is 4.84. The highest BCUT2D eigenvalue weighted by Gasteiger charge is 2.60. The van der Waals surface area contributed by atoms with E-state index in [1.807, 2.05) is 0 Å². The molecule has 8 heteroatoms. The minimum absolute atomic E-state index is 0.0601. The molecule has 1 aromatic rings. The Bertz CT molecular complexity index is 520. The molecule has 2 nitrogen and oxygen atoms in total. The van der Waals surface area contributed by atoms with Gasteiger partial charge in [-0.1, -0.05) is 12.1 Å². The fourth-order valence-corrected chi connectivity index (χ4v) is 2.46. The molecule has 0 amide bonds. The van der Waals surface area contributed by atoms with Gasteiger partial charge in [-0.3, -0.25) is 0 Å². The fraction of sp³-hybridized carbons (Fsp3) is 0.600. The Hall–Kier alpha value is -1.44. The van der Waals surface area contributed by atoms with E-state index < -0.39 is 30.2 Å². The second-order valence-electron chi connectivity index (χ2n) is 5.73. The molecule has 1 aliphatic rings. The van der Waals surface area contributed by atoms with Crippen LogP contribution in [-0.4, -0.2) is 19.0 Å². The summed E-state index contributed by atoms with van der Waals surface area (Å²) in [5.74, 6) is -0.419. The minimum Gasteiger partial charge on any atom is -0.494 e. The van der Waals surface area contributed by atoms with Crippen LogP contribution in [0.3, 0.4) is 0 Å². The molecule has 1 aromatic carbocycles. The lowest BCUT2D eigenvalue weighted by molar-refractivity contribution is -0.196. The summed E-state index contributed by atoms with van der Waals surface area (Å²) in [4.78, 5) is 0. The fourth-order valence-electron chi connectivity index (χ4n) is 2.46. The first-order valence-corrected chi connectivity index (χ1v) is 7.20. The molecule has 0 bridgehead atoms. The molecule has 0 aliphatic heterocycles. The van der Waals surface area contributed by atoms with Crippen LogP contribution in [0.25, 0.3) is 0 Å². The van der Waals surface area contributed by atoms with E-state index in [2.05, 4.69) is 0 Å². The van der Waals surface area contributed by atoms with E-state index in [0.717, 1.165) is 0 Å². The van der Waals surface area contributed by atoms with Gasteiger partial charge in [-0.15, -0.1) is 0 Å². The highest BCUT2D eigenvalue weighted by molar-refractivity contribution is 5.34. The van der Waals surface area contributed by atoms with Gasteiger partial charge >= 0.3 is 12.4 Å². The van der Waals surface area contributed by atoms with Gasteiger partial charge in [-0.25, -0.2) is 0 Å². The molecule has 130 valence electrons. The van der Waals surface area contributed by atoms with Gasteiger partial charge in [-0.05, 0) is 42.9 Å². The van der Waals surface area contributed by atoms with Crippen LogP contribution in [0.5, 0.6) is 5.75 Å². The zero-order valence-corrected chi connectivity index (χ0v) is 12.2. The lowest BCUT2D eigenvalue weighted by Gasteiger charge is -2.32. The lowest BCUT2D eigenvalue weighted by atomic mass is 9.85. The number of rotatable bonds is 6. The molecule has 0 radical (unpaired) electrons. The van der Waals surface area contributed by atoms with Crippen molar-refractivity contribution < 1.29 is 31.1 Å². The summed E-state index contributed by atoms with van der Waals surface area (Å²) in [6.07, 6.45) is -9.15. The van der Waals surface area contributed by atoms with E-state index in [-0.39, 0.29) is 24.3 Å². The molecule has 1 saturated carbocycles. The Labute approximate surface area is 129 Å². The van der Waals surface area contributed by atoms with E-state index in [4.69, 9.17) is 10.5 Å². The van der Waals surface area contributed by atoms with Gasteiger partial charge in [-0.2, -0.15) is 26.3 Å². The normalized spacial score (nSPS) is 18.6. The highest BCUT2D eigenvalue weighted by Crippen LogP contribution is 2.52. The summed E-state index contributed by atoms with van der Waals surface area (Å²) in [6, 6.07) is 5.06. The SMILES string of the molecule is NC(c1ccc(OCCCC(F)(F)F)cc1)(C1CC1)C(F)(F)F. The van der Waals surface area contributed by atoms with Gasteiger partial charge in [0.1, 0.15) is 11.3 Å². The van der Waals surface area contributed by atoms with Crippen LogP contribution >= 0.6 is 0 Å². The van der Waals surface area contributed by atoms with E-state index in [1.54, 1.807) is 0 Å². The Morgan fingerprint density at radius 2 is 1.57 bits per heavy atom. The Morgan fingerprint density at radius 1 is 1.00 bits per heavy atom. The summed E-state index contributed by atoms with van der Waals surface area (Å²) in [6.45, 7) is -0.158. The van der Waals surface area contributed by atoms with Crippen LogP contribution in [0.2, 0.25) is 0 Å². The summed E-state index contributed by atoms with van der Waals surface area (Å²) in [5, 5.41) is 0. The van der Waals surface area contributed by atoms with Crippen LogP contribution < -0.4 is 10.5 Å². The zero-order chi connectivity index (χ0) is 17.3. The molecular formula is C15H17F6NO. The van der Waals surface area contributed by atoms with E-state index in [9.17, 15) is 26.3 Å². The number of nitrogens with two attached hydrogens (primary N) is 1. The first-order chi connectivity index (χ1) is 10.5. The van der Waals surface area contributed by atoms with Crippen molar-refractivity contribution in [1.82, 2.24) is 0 Å². The molecule has 0 heterocycles. The molecular weight excluding hydrogens is 324 g/mol. The van der Waals surface area contributed by atoms with Crippen LogP contribution in [0.15, 0.2) is 24.3 Å². The first kappa shape index (κ1) is 17.9. The van der Waals surface area contributed by atoms with E-state index in [0.29, 0.717) is 12.8 Å². The van der Waals surface area contributed by atoms with Gasteiger partial charge in [0.2, 0.25) is 0 Å². The third-order valence-electron chi connectivity index (χ3n) is 3.90. The maximum atomic E-state index is 13.3. The summed E-state index contributed by atoms with van der Waals surface area (Å²) in [5.41, 5.74) is 3.18. The third kappa shape index (κ3) is 4.31. The number of hydrogen-bond donors (Lipinski definition) is 1. The van der Waals surface area contributed by atoms with Gasteiger partial charge in [0.05, 0.1) is 6.61 Å². The largest absolute Gasteiger partial charge is 0.494 e. The van der Waals surface area contributed by atoms with Crippen molar-refractivity contribution in [2.45, 2.75) is 43.6 Å². The number of ether oxygens (including phenoxy) is 1. The topological polar surface area (TPSA) is 35.2 Å². The summed E-state index contributed by atoms with van der Waals surface area (Å²) >= 11 is 0. The summed E-state index contributed by atoms with van der Waals surface area (Å²) < 4.78 is 80.9. The van der Waals surface area contributed by atoms with Gasteiger partial charge in [0.25, 0.3) is 0 Å². The minimum atomic E-state index is -4.57. The van der Waals surface area contributed by atoms with Crippen LogP contribution in [0.4, 0.5) is 26.3 Å². The average Bonchev–Trinajstić information content (AvgIpc) is 3.26. The average molecular weight is 341 g/mol. The van der Waals surface area contributed by atoms with Gasteiger partial charge in [0, 0.05) is 6.42 Å². The van der Waals surface area contributed by atoms with Gasteiger partial charge < -0.3 is 10.5 Å². The van der Waals surface area contributed by atoms with Crippen molar-refractivity contribution in [3.63, 3.8) is 0 Å². The second kappa shape index (κ2) is 6.22. The van der Waals surface area contributed by atoms with Crippen LogP contribution in [-0.2, 0) is 5.54 Å². The molecule has 0 aromatic heterocycles. The number of alkyl halides is 6. The molecule has 2 rings (SSSR count). The molecule has 0 spiro atoms. The Balaban J connectivity index is 1.99. The molecule has 1 fully saturated rings. The lowest BCUT2D eigenvalue weighted by Crippen LogP contribution is -2.52. The predicted molar refractivity (Wildman–Crippen MR) is 71.9 cm³/mol. The highest BCUT2D eigenvalue weighted by atomic mass is 19.4. The molecule has 1 aliphatic carbocycles.